The molecule has 0 aliphatic rings. The van der Waals surface area contributed by atoms with Crippen LogP contribution in [0.25, 0.3) is 0 Å². The second-order valence-electron chi connectivity index (χ2n) is 4.53. The van der Waals surface area contributed by atoms with Crippen LogP contribution in [-0.2, 0) is 0 Å². The lowest BCUT2D eigenvalue weighted by Crippen LogP contribution is -2.04. The molecule has 1 atom stereocenters. The zero-order valence-corrected chi connectivity index (χ0v) is 12.9. The Balaban J connectivity index is 2.49. The van der Waals surface area contributed by atoms with E-state index in [2.05, 4.69) is 15.9 Å². The van der Waals surface area contributed by atoms with Crippen LogP contribution in [0.5, 0.6) is 0 Å². The molecular formula is C15H13BrClFO. The molecule has 2 aromatic rings. The van der Waals surface area contributed by atoms with E-state index in [1.807, 2.05) is 13.8 Å². The van der Waals surface area contributed by atoms with Gasteiger partial charge in [0.25, 0.3) is 0 Å². The van der Waals surface area contributed by atoms with Crippen LogP contribution in [0.2, 0.25) is 5.02 Å². The Labute approximate surface area is 125 Å². The van der Waals surface area contributed by atoms with Crippen molar-refractivity contribution in [2.45, 2.75) is 20.0 Å². The predicted octanol–water partition coefficient (Wildman–Crippen LogP) is 4.94. The molecule has 0 saturated carbocycles. The van der Waals surface area contributed by atoms with Crippen LogP contribution >= 0.6 is 27.5 Å². The lowest BCUT2D eigenvalue weighted by atomic mass is 9.97. The Morgan fingerprint density at radius 3 is 2.37 bits per heavy atom. The molecule has 0 aliphatic heterocycles. The van der Waals surface area contributed by atoms with Crippen molar-refractivity contribution < 1.29 is 9.50 Å². The van der Waals surface area contributed by atoms with Crippen LogP contribution in [-0.4, -0.2) is 5.11 Å². The number of aliphatic hydroxyl groups excluding tert-OH is 1. The van der Waals surface area contributed by atoms with Crippen LogP contribution in [0, 0.1) is 19.7 Å². The highest BCUT2D eigenvalue weighted by molar-refractivity contribution is 9.10. The van der Waals surface area contributed by atoms with Gasteiger partial charge in [-0.25, -0.2) is 4.39 Å². The van der Waals surface area contributed by atoms with Gasteiger partial charge in [-0.3, -0.25) is 0 Å². The van der Waals surface area contributed by atoms with Crippen molar-refractivity contribution in [2.24, 2.45) is 0 Å². The quantitative estimate of drug-likeness (QED) is 0.819. The highest BCUT2D eigenvalue weighted by Crippen LogP contribution is 2.32. The third-order valence-corrected chi connectivity index (χ3v) is 3.99. The van der Waals surface area contributed by atoms with Crippen LogP contribution in [0.4, 0.5) is 4.39 Å². The normalized spacial score (nSPS) is 12.5. The van der Waals surface area contributed by atoms with E-state index in [1.54, 1.807) is 24.3 Å². The molecule has 1 nitrogen and oxygen atoms in total. The number of aryl methyl sites for hydroxylation is 2. The molecule has 2 aromatic carbocycles. The van der Waals surface area contributed by atoms with Gasteiger partial charge in [0.1, 0.15) is 11.9 Å². The SMILES string of the molecule is Cc1cc(Cl)c(C(O)c2ccc(Br)cc2F)cc1C. The average molecular weight is 344 g/mol. The van der Waals surface area contributed by atoms with E-state index < -0.39 is 11.9 Å². The van der Waals surface area contributed by atoms with Gasteiger partial charge in [-0.15, -0.1) is 0 Å². The van der Waals surface area contributed by atoms with Gasteiger partial charge in [0, 0.05) is 20.6 Å². The van der Waals surface area contributed by atoms with E-state index in [0.29, 0.717) is 15.1 Å². The van der Waals surface area contributed by atoms with Crippen molar-refractivity contribution in [3.63, 3.8) is 0 Å². The van der Waals surface area contributed by atoms with Crippen LogP contribution < -0.4 is 0 Å². The predicted molar refractivity (Wildman–Crippen MR) is 79.1 cm³/mol. The van der Waals surface area contributed by atoms with E-state index >= 15 is 0 Å². The van der Waals surface area contributed by atoms with E-state index in [0.717, 1.165) is 11.1 Å². The second kappa shape index (κ2) is 5.61. The van der Waals surface area contributed by atoms with Crippen LogP contribution in [0.15, 0.2) is 34.8 Å². The molecule has 1 N–H and O–H groups in total. The van der Waals surface area contributed by atoms with Gasteiger partial charge in [0.05, 0.1) is 0 Å². The van der Waals surface area contributed by atoms with Crippen molar-refractivity contribution >= 4 is 27.5 Å². The van der Waals surface area contributed by atoms with Crippen LogP contribution in [0.3, 0.4) is 0 Å². The summed E-state index contributed by atoms with van der Waals surface area (Å²) >= 11 is 9.33. The molecule has 19 heavy (non-hydrogen) atoms. The van der Waals surface area contributed by atoms with Gasteiger partial charge in [0.2, 0.25) is 0 Å². The van der Waals surface area contributed by atoms with E-state index in [1.165, 1.54) is 6.07 Å². The fraction of sp³-hybridized carbons (Fsp3) is 0.200. The maximum absolute atomic E-state index is 13.9. The molecule has 0 saturated heterocycles. The number of hydrogen-bond donors (Lipinski definition) is 1. The summed E-state index contributed by atoms with van der Waals surface area (Å²) in [6, 6.07) is 8.15. The Hall–Kier alpha value is -0.900. The van der Waals surface area contributed by atoms with Gasteiger partial charge in [0.15, 0.2) is 0 Å². The summed E-state index contributed by atoms with van der Waals surface area (Å²) in [7, 11) is 0. The zero-order chi connectivity index (χ0) is 14.2. The summed E-state index contributed by atoms with van der Waals surface area (Å²) in [6.07, 6.45) is -1.07. The fourth-order valence-corrected chi connectivity index (χ4v) is 2.56. The Morgan fingerprint density at radius 1 is 1.11 bits per heavy atom. The number of hydrogen-bond acceptors (Lipinski definition) is 1. The Kier molecular flexibility index (Phi) is 4.29. The first-order valence-electron chi connectivity index (χ1n) is 5.80. The zero-order valence-electron chi connectivity index (χ0n) is 10.5. The van der Waals surface area contributed by atoms with Gasteiger partial charge < -0.3 is 5.11 Å². The van der Waals surface area contributed by atoms with Crippen molar-refractivity contribution in [1.82, 2.24) is 0 Å². The summed E-state index contributed by atoms with van der Waals surface area (Å²) in [5.74, 6) is -0.462. The molecule has 2 rings (SSSR count). The first kappa shape index (κ1) is 14.5. The molecule has 0 heterocycles. The average Bonchev–Trinajstić information content (AvgIpc) is 2.33. The fourth-order valence-electron chi connectivity index (χ4n) is 1.90. The van der Waals surface area contributed by atoms with Gasteiger partial charge >= 0.3 is 0 Å². The molecule has 0 spiro atoms. The standard InChI is InChI=1S/C15H13BrClFO/c1-8-5-12(13(17)6-9(8)2)15(19)11-4-3-10(16)7-14(11)18/h3-7,15,19H,1-2H3. The molecule has 0 bridgehead atoms. The minimum absolute atomic E-state index is 0.216. The number of halogens is 3. The third-order valence-electron chi connectivity index (χ3n) is 3.16. The van der Waals surface area contributed by atoms with Crippen LogP contribution in [0.1, 0.15) is 28.4 Å². The summed E-state index contributed by atoms with van der Waals surface area (Å²) in [5.41, 5.74) is 2.78. The molecule has 1 unspecified atom stereocenters. The largest absolute Gasteiger partial charge is 0.383 e. The third kappa shape index (κ3) is 2.99. The van der Waals surface area contributed by atoms with Crippen molar-refractivity contribution in [2.75, 3.05) is 0 Å². The molecular weight excluding hydrogens is 331 g/mol. The minimum atomic E-state index is -1.07. The summed E-state index contributed by atoms with van der Waals surface area (Å²) < 4.78 is 14.5. The molecule has 0 aromatic heterocycles. The Morgan fingerprint density at radius 2 is 1.74 bits per heavy atom. The summed E-state index contributed by atoms with van der Waals surface area (Å²) in [6.45, 7) is 3.87. The van der Waals surface area contributed by atoms with Gasteiger partial charge in [-0.05, 0) is 43.2 Å². The van der Waals surface area contributed by atoms with E-state index in [9.17, 15) is 9.50 Å². The Bertz CT molecular complexity index is 628. The molecule has 0 fully saturated rings. The van der Waals surface area contributed by atoms with Crippen molar-refractivity contribution in [1.29, 1.82) is 0 Å². The maximum Gasteiger partial charge on any atom is 0.130 e. The lowest BCUT2D eigenvalue weighted by molar-refractivity contribution is 0.215. The molecule has 4 heteroatoms. The van der Waals surface area contributed by atoms with Gasteiger partial charge in [-0.2, -0.15) is 0 Å². The summed E-state index contributed by atoms with van der Waals surface area (Å²) in [5, 5.41) is 10.8. The smallest absolute Gasteiger partial charge is 0.130 e. The molecule has 100 valence electrons. The second-order valence-corrected chi connectivity index (χ2v) is 5.85. The van der Waals surface area contributed by atoms with Crippen molar-refractivity contribution in [3.8, 4) is 0 Å². The van der Waals surface area contributed by atoms with Crippen molar-refractivity contribution in [3.05, 3.63) is 67.9 Å². The highest BCUT2D eigenvalue weighted by atomic mass is 79.9. The molecule has 0 amide bonds. The van der Waals surface area contributed by atoms with E-state index in [-0.39, 0.29) is 5.56 Å². The summed E-state index contributed by atoms with van der Waals surface area (Å²) in [4.78, 5) is 0. The number of aliphatic hydroxyl groups is 1. The highest BCUT2D eigenvalue weighted by Gasteiger charge is 2.18. The number of benzene rings is 2. The van der Waals surface area contributed by atoms with Gasteiger partial charge in [-0.1, -0.05) is 39.7 Å². The molecule has 0 aliphatic carbocycles. The monoisotopic (exact) mass is 342 g/mol. The topological polar surface area (TPSA) is 20.2 Å². The maximum atomic E-state index is 13.9. The first-order valence-corrected chi connectivity index (χ1v) is 6.97. The minimum Gasteiger partial charge on any atom is -0.383 e. The number of rotatable bonds is 2. The van der Waals surface area contributed by atoms with E-state index in [4.69, 9.17) is 11.6 Å². The first-order chi connectivity index (χ1) is 8.90. The lowest BCUT2D eigenvalue weighted by Gasteiger charge is -2.16. The molecule has 0 radical (unpaired) electrons.